The zero-order valence-electron chi connectivity index (χ0n) is 3.00. The predicted octanol–water partition coefficient (Wildman–Crippen LogP) is 0.382. The molecule has 0 radical (unpaired) electrons. The predicted molar refractivity (Wildman–Crippen MR) is 23.3 cm³/mol. The topological polar surface area (TPSA) is 26.9 Å². The average molecular weight is 101 g/mol. The first kappa shape index (κ1) is 3.61. The molecule has 0 amide bonds. The van der Waals surface area contributed by atoms with E-state index in [9.17, 15) is 5.21 Å². The highest BCUT2D eigenvalue weighted by Crippen LogP contribution is 1.84. The van der Waals surface area contributed by atoms with E-state index in [1.165, 1.54) is 23.0 Å². The Kier molecular flexibility index (Phi) is 0.759. The minimum absolute atomic E-state index is 0.769. The van der Waals surface area contributed by atoms with Gasteiger partial charge in [0.25, 0.3) is 0 Å². The Balaban J connectivity index is 3.05. The van der Waals surface area contributed by atoms with Crippen LogP contribution >= 0.6 is 11.3 Å². The summed E-state index contributed by atoms with van der Waals surface area (Å²) in [6.45, 7) is 0. The van der Waals surface area contributed by atoms with Crippen LogP contribution in [-0.4, -0.2) is 0 Å². The first-order chi connectivity index (χ1) is 2.89. The van der Waals surface area contributed by atoms with Crippen molar-refractivity contribution >= 4 is 11.3 Å². The van der Waals surface area contributed by atoms with Crippen LogP contribution in [-0.2, 0) is 0 Å². The molecule has 1 aromatic rings. The maximum atomic E-state index is 10.00. The molecule has 0 bridgehead atoms. The molecule has 32 valence electrons. The monoisotopic (exact) mass is 101 g/mol. The van der Waals surface area contributed by atoms with E-state index in [0.29, 0.717) is 0 Å². The molecule has 2 nitrogen and oxygen atoms in total. The van der Waals surface area contributed by atoms with E-state index in [1.54, 1.807) is 5.38 Å². The van der Waals surface area contributed by atoms with Gasteiger partial charge in [0.05, 0.1) is 5.38 Å². The van der Waals surface area contributed by atoms with Gasteiger partial charge in [0.15, 0.2) is 6.20 Å². The molecule has 0 fully saturated rings. The van der Waals surface area contributed by atoms with Crippen LogP contribution in [0.15, 0.2) is 17.1 Å². The lowest BCUT2D eigenvalue weighted by Gasteiger charge is -1.79. The van der Waals surface area contributed by atoms with Crippen LogP contribution in [0.2, 0.25) is 0 Å². The van der Waals surface area contributed by atoms with Crippen molar-refractivity contribution in [3.63, 3.8) is 0 Å². The molecule has 1 rings (SSSR count). The molecule has 6 heavy (non-hydrogen) atoms. The van der Waals surface area contributed by atoms with Gasteiger partial charge in [-0.3, -0.25) is 0 Å². The highest BCUT2D eigenvalue weighted by atomic mass is 32.1. The van der Waals surface area contributed by atoms with E-state index < -0.39 is 0 Å². The minimum atomic E-state index is 0.769. The van der Waals surface area contributed by atoms with E-state index >= 15 is 0 Å². The van der Waals surface area contributed by atoms with Crippen LogP contribution in [0.4, 0.5) is 0 Å². The minimum Gasteiger partial charge on any atom is -0.618 e. The molecule has 0 spiro atoms. The molecule has 1 aromatic heterocycles. The largest absolute Gasteiger partial charge is 0.618 e. The molecule has 0 atom stereocenters. The van der Waals surface area contributed by atoms with Gasteiger partial charge in [-0.05, 0) is 0 Å². The first-order valence-electron chi connectivity index (χ1n) is 1.50. The van der Waals surface area contributed by atoms with E-state index in [1.807, 2.05) is 0 Å². The van der Waals surface area contributed by atoms with Gasteiger partial charge in [-0.1, -0.05) is 11.3 Å². The highest BCUT2D eigenvalue weighted by molar-refractivity contribution is 7.07. The standard InChI is InChI=1S/C3H3NOS/c5-4-1-2-6-3-4/h1-3H. The van der Waals surface area contributed by atoms with Gasteiger partial charge < -0.3 is 5.21 Å². The van der Waals surface area contributed by atoms with Gasteiger partial charge in [-0.15, -0.1) is 0 Å². The fourth-order valence-electron chi connectivity index (χ4n) is 0.225. The Bertz CT molecular complexity index is 114. The van der Waals surface area contributed by atoms with E-state index in [2.05, 4.69) is 0 Å². The number of hydrogen-bond donors (Lipinski definition) is 0. The summed E-state index contributed by atoms with van der Waals surface area (Å²) in [7, 11) is 0. The van der Waals surface area contributed by atoms with Crippen LogP contribution in [0.1, 0.15) is 0 Å². The number of thiazole rings is 1. The maximum absolute atomic E-state index is 10.00. The summed E-state index contributed by atoms with van der Waals surface area (Å²) < 4.78 is 0.769. The summed E-state index contributed by atoms with van der Waals surface area (Å²) in [5, 5.41) is 11.7. The second-order valence-electron chi connectivity index (χ2n) is 0.887. The summed E-state index contributed by atoms with van der Waals surface area (Å²) in [6.07, 6.45) is 1.46. The van der Waals surface area contributed by atoms with Gasteiger partial charge in [-0.2, -0.15) is 4.73 Å². The van der Waals surface area contributed by atoms with Crippen molar-refractivity contribution < 1.29 is 4.73 Å². The Morgan fingerprint density at radius 1 is 1.67 bits per heavy atom. The Morgan fingerprint density at radius 3 is 2.67 bits per heavy atom. The van der Waals surface area contributed by atoms with E-state index in [0.717, 1.165) is 4.73 Å². The zero-order chi connectivity index (χ0) is 4.41. The summed E-state index contributed by atoms with van der Waals surface area (Å²) in [5.74, 6) is 0. The lowest BCUT2D eigenvalue weighted by atomic mass is 11.0. The van der Waals surface area contributed by atoms with E-state index in [4.69, 9.17) is 0 Å². The normalized spacial score (nSPS) is 8.67. The number of hydrogen-bond acceptors (Lipinski definition) is 2. The second kappa shape index (κ2) is 1.26. The van der Waals surface area contributed by atoms with Gasteiger partial charge in [0, 0.05) is 0 Å². The lowest BCUT2D eigenvalue weighted by Crippen LogP contribution is -2.19. The van der Waals surface area contributed by atoms with Gasteiger partial charge in [0.1, 0.15) is 0 Å². The summed E-state index contributed by atoms with van der Waals surface area (Å²) in [5.41, 5.74) is 1.49. The average Bonchev–Trinajstić information content (AvgIpc) is 1.86. The molecule has 0 aliphatic carbocycles. The van der Waals surface area contributed by atoms with Gasteiger partial charge in [-0.25, -0.2) is 0 Å². The number of aromatic nitrogens is 1. The van der Waals surface area contributed by atoms with Crippen molar-refractivity contribution in [3.8, 4) is 0 Å². The Morgan fingerprint density at radius 2 is 2.50 bits per heavy atom. The molecule has 0 saturated heterocycles. The van der Waals surface area contributed by atoms with Gasteiger partial charge in [0.2, 0.25) is 5.51 Å². The third-order valence-corrected chi connectivity index (χ3v) is 1.06. The quantitative estimate of drug-likeness (QED) is 0.343. The van der Waals surface area contributed by atoms with Crippen LogP contribution in [0.3, 0.4) is 0 Å². The molecule has 0 saturated carbocycles. The SMILES string of the molecule is [O-][n+]1ccsc1. The van der Waals surface area contributed by atoms with Crippen molar-refractivity contribution in [1.82, 2.24) is 0 Å². The van der Waals surface area contributed by atoms with Crippen molar-refractivity contribution in [2.45, 2.75) is 0 Å². The second-order valence-corrected chi connectivity index (χ2v) is 1.64. The van der Waals surface area contributed by atoms with E-state index in [-0.39, 0.29) is 0 Å². The molecule has 0 aliphatic rings. The number of nitrogens with zero attached hydrogens (tertiary/aromatic N) is 1. The lowest BCUT2D eigenvalue weighted by molar-refractivity contribution is -0.599. The van der Waals surface area contributed by atoms with Crippen LogP contribution in [0, 0.1) is 5.21 Å². The molecule has 0 aromatic carbocycles. The van der Waals surface area contributed by atoms with Crippen molar-refractivity contribution in [1.29, 1.82) is 0 Å². The number of rotatable bonds is 0. The molecule has 0 unspecified atom stereocenters. The van der Waals surface area contributed by atoms with Crippen LogP contribution in [0.5, 0.6) is 0 Å². The van der Waals surface area contributed by atoms with Crippen molar-refractivity contribution in [3.05, 3.63) is 22.3 Å². The Hall–Kier alpha value is -0.570. The summed E-state index contributed by atoms with van der Waals surface area (Å²) in [4.78, 5) is 0. The molecule has 0 aliphatic heterocycles. The first-order valence-corrected chi connectivity index (χ1v) is 2.45. The molecular formula is C3H3NOS. The summed E-state index contributed by atoms with van der Waals surface area (Å²) in [6, 6.07) is 0. The Labute approximate surface area is 39.2 Å². The molecule has 1 heterocycles. The third-order valence-electron chi connectivity index (χ3n) is 0.451. The fourth-order valence-corrected chi connectivity index (χ4v) is 0.676. The fraction of sp³-hybridized carbons (Fsp3) is 0. The van der Waals surface area contributed by atoms with Crippen LogP contribution < -0.4 is 4.73 Å². The third kappa shape index (κ3) is 0.490. The maximum Gasteiger partial charge on any atom is 0.236 e. The molecule has 0 N–H and O–H groups in total. The highest BCUT2D eigenvalue weighted by Gasteiger charge is 1.78. The molecule has 3 heteroatoms. The molecular weight excluding hydrogens is 98.1 g/mol. The summed E-state index contributed by atoms with van der Waals surface area (Å²) >= 11 is 1.39. The van der Waals surface area contributed by atoms with Crippen molar-refractivity contribution in [2.75, 3.05) is 0 Å². The smallest absolute Gasteiger partial charge is 0.236 e. The van der Waals surface area contributed by atoms with Gasteiger partial charge >= 0.3 is 0 Å². The van der Waals surface area contributed by atoms with Crippen LogP contribution in [0.25, 0.3) is 0 Å². The van der Waals surface area contributed by atoms with Crippen molar-refractivity contribution in [2.24, 2.45) is 0 Å². The zero-order valence-corrected chi connectivity index (χ0v) is 3.81.